The molecule has 0 saturated heterocycles. The SMILES string of the molecule is CC1(C)c2ccccc2-c2cc3c4ccccc4n(-c4cccc5c4c(=O)n4c(=O)c6c7oc8cccc9c%10ccccc%10c(cc6n54)c7c89)c3cc21. The molecule has 0 aliphatic heterocycles. The highest BCUT2D eigenvalue weighted by Crippen LogP contribution is 2.51. The third-order valence-electron chi connectivity index (χ3n) is 12.4. The molecule has 8 aromatic carbocycles. The van der Waals surface area contributed by atoms with Crippen LogP contribution in [0.1, 0.15) is 25.0 Å². The van der Waals surface area contributed by atoms with Crippen molar-refractivity contribution in [3.63, 3.8) is 0 Å². The third-order valence-corrected chi connectivity index (χ3v) is 12.4. The Bertz CT molecular complexity index is 3760. The van der Waals surface area contributed by atoms with Crippen LogP contribution in [0, 0.1) is 0 Å². The van der Waals surface area contributed by atoms with Gasteiger partial charge in [0.05, 0.1) is 33.1 Å². The van der Waals surface area contributed by atoms with Gasteiger partial charge in [-0.05, 0) is 86.3 Å². The van der Waals surface area contributed by atoms with Crippen molar-refractivity contribution in [2.45, 2.75) is 19.3 Å². The molecular weight excluding hydrogens is 655 g/mol. The molecule has 12 aromatic rings. The summed E-state index contributed by atoms with van der Waals surface area (Å²) >= 11 is 0. The first-order valence-corrected chi connectivity index (χ1v) is 18.0. The maximum atomic E-state index is 14.9. The average molecular weight is 682 g/mol. The van der Waals surface area contributed by atoms with Crippen molar-refractivity contribution < 1.29 is 4.42 Å². The largest absolute Gasteiger partial charge is 0.455 e. The molecule has 0 unspecified atom stereocenters. The van der Waals surface area contributed by atoms with Crippen LogP contribution < -0.4 is 11.1 Å². The van der Waals surface area contributed by atoms with Gasteiger partial charge < -0.3 is 8.98 Å². The molecule has 1 aliphatic carbocycles. The number of benzene rings is 8. The quantitative estimate of drug-likeness (QED) is 0.162. The summed E-state index contributed by atoms with van der Waals surface area (Å²) in [6, 6.07) is 44.2. The molecule has 4 aromatic heterocycles. The minimum Gasteiger partial charge on any atom is -0.455 e. The van der Waals surface area contributed by atoms with Gasteiger partial charge in [-0.15, -0.1) is 0 Å². The fourth-order valence-corrected chi connectivity index (χ4v) is 10.1. The van der Waals surface area contributed by atoms with Crippen molar-refractivity contribution >= 4 is 87.1 Å². The molecule has 0 saturated carbocycles. The van der Waals surface area contributed by atoms with Crippen LogP contribution in [0.25, 0.3) is 104 Å². The Kier molecular flexibility index (Phi) is 4.67. The first-order valence-electron chi connectivity index (χ1n) is 18.0. The molecule has 0 amide bonds. The van der Waals surface area contributed by atoms with Crippen LogP contribution in [0.5, 0.6) is 0 Å². The number of hydrogen-bond acceptors (Lipinski definition) is 3. The van der Waals surface area contributed by atoms with Gasteiger partial charge in [0.2, 0.25) is 0 Å². The number of aromatic nitrogens is 3. The van der Waals surface area contributed by atoms with Gasteiger partial charge in [0.15, 0.2) is 5.58 Å². The molecule has 0 bridgehead atoms. The van der Waals surface area contributed by atoms with Gasteiger partial charge in [0.25, 0.3) is 11.1 Å². The summed E-state index contributed by atoms with van der Waals surface area (Å²) in [5, 5.41) is 9.38. The lowest BCUT2D eigenvalue weighted by Gasteiger charge is -2.21. The Labute approximate surface area is 299 Å². The van der Waals surface area contributed by atoms with Crippen LogP contribution in [-0.4, -0.2) is 13.6 Å². The Morgan fingerprint density at radius 2 is 1.17 bits per heavy atom. The van der Waals surface area contributed by atoms with Crippen molar-refractivity contribution in [3.8, 4) is 16.8 Å². The number of nitrogens with zero attached hydrogens (tertiary/aromatic N) is 3. The zero-order valence-corrected chi connectivity index (χ0v) is 28.7. The van der Waals surface area contributed by atoms with Crippen molar-refractivity contribution in [2.24, 2.45) is 0 Å². The molecule has 1 aliphatic rings. The van der Waals surface area contributed by atoms with Gasteiger partial charge in [-0.2, -0.15) is 4.52 Å². The maximum Gasteiger partial charge on any atom is 0.286 e. The smallest absolute Gasteiger partial charge is 0.286 e. The van der Waals surface area contributed by atoms with Gasteiger partial charge >= 0.3 is 0 Å². The molecule has 4 heterocycles. The van der Waals surface area contributed by atoms with Crippen LogP contribution in [0.15, 0.2) is 141 Å². The zero-order valence-electron chi connectivity index (χ0n) is 28.7. The van der Waals surface area contributed by atoms with E-state index in [0.29, 0.717) is 27.4 Å². The second kappa shape index (κ2) is 8.92. The predicted molar refractivity (Wildman–Crippen MR) is 215 cm³/mol. The van der Waals surface area contributed by atoms with Gasteiger partial charge in [0, 0.05) is 27.0 Å². The van der Waals surface area contributed by atoms with Crippen molar-refractivity contribution in [1.82, 2.24) is 13.6 Å². The molecule has 248 valence electrons. The summed E-state index contributed by atoms with van der Waals surface area (Å²) in [5.41, 5.74) is 9.54. The first kappa shape index (κ1) is 27.8. The topological polar surface area (TPSA) is 61.0 Å². The predicted octanol–water partition coefficient (Wildman–Crippen LogP) is 10.6. The highest BCUT2D eigenvalue weighted by molar-refractivity contribution is 6.36. The fourth-order valence-electron chi connectivity index (χ4n) is 10.1. The van der Waals surface area contributed by atoms with E-state index in [1.807, 2.05) is 47.0 Å². The summed E-state index contributed by atoms with van der Waals surface area (Å²) in [7, 11) is 0. The van der Waals surface area contributed by atoms with Crippen LogP contribution in [0.4, 0.5) is 0 Å². The van der Waals surface area contributed by atoms with Crippen LogP contribution in [0.3, 0.4) is 0 Å². The van der Waals surface area contributed by atoms with Gasteiger partial charge in [-0.3, -0.25) is 9.59 Å². The lowest BCUT2D eigenvalue weighted by atomic mass is 9.82. The lowest BCUT2D eigenvalue weighted by Crippen LogP contribution is -2.22. The maximum absolute atomic E-state index is 14.9. The molecule has 6 heteroatoms. The highest BCUT2D eigenvalue weighted by Gasteiger charge is 2.36. The van der Waals surface area contributed by atoms with Crippen molar-refractivity contribution in [3.05, 3.63) is 159 Å². The number of furan rings is 1. The molecule has 0 fully saturated rings. The van der Waals surface area contributed by atoms with E-state index in [1.165, 1.54) is 26.8 Å². The molecule has 53 heavy (non-hydrogen) atoms. The monoisotopic (exact) mass is 681 g/mol. The van der Waals surface area contributed by atoms with Crippen molar-refractivity contribution in [2.75, 3.05) is 0 Å². The van der Waals surface area contributed by atoms with Gasteiger partial charge in [0.1, 0.15) is 11.0 Å². The first-order chi connectivity index (χ1) is 25.9. The van der Waals surface area contributed by atoms with E-state index in [9.17, 15) is 9.59 Å². The Morgan fingerprint density at radius 1 is 0.472 bits per heavy atom. The van der Waals surface area contributed by atoms with E-state index < -0.39 is 0 Å². The van der Waals surface area contributed by atoms with E-state index in [4.69, 9.17) is 4.42 Å². The lowest BCUT2D eigenvalue weighted by molar-refractivity contribution is 0.661. The van der Waals surface area contributed by atoms with E-state index in [1.54, 1.807) is 0 Å². The Balaban J connectivity index is 1.18. The highest BCUT2D eigenvalue weighted by atomic mass is 16.3. The van der Waals surface area contributed by atoms with E-state index in [2.05, 4.69) is 103 Å². The summed E-state index contributed by atoms with van der Waals surface area (Å²) < 4.78 is 11.9. The summed E-state index contributed by atoms with van der Waals surface area (Å²) in [6.45, 7) is 4.58. The molecule has 0 atom stereocenters. The summed E-state index contributed by atoms with van der Waals surface area (Å²) in [5.74, 6) is 0. The number of fused-ring (bicyclic) bond motifs is 15. The van der Waals surface area contributed by atoms with Gasteiger partial charge in [-0.1, -0.05) is 98.8 Å². The molecule has 13 rings (SSSR count). The third kappa shape index (κ3) is 3.03. The van der Waals surface area contributed by atoms with Gasteiger partial charge in [-0.25, -0.2) is 4.52 Å². The molecule has 6 nitrogen and oxygen atoms in total. The minimum absolute atomic E-state index is 0.192. The standard InChI is InChI=1S/C47H27N3O3/c1-47(2)32-16-7-5-13-26(32)29-21-30-27-14-6-8-17-34(27)48(37(30)23-33(29)47)35-18-10-19-36-42(35)45(51)50-46(52)43-38(49(36)50)22-31-25-12-4-3-11-24(25)28-15-9-20-39-40(28)41(31)44(43)53-39/h3-23H,1-2H3. The van der Waals surface area contributed by atoms with E-state index >= 15 is 0 Å². The second-order valence-corrected chi connectivity index (χ2v) is 15.2. The average Bonchev–Trinajstić information content (AvgIpc) is 3.95. The normalized spacial score (nSPS) is 14.2. The molecular formula is C47H27N3O3. The van der Waals surface area contributed by atoms with E-state index in [-0.39, 0.29) is 16.5 Å². The number of hydrogen-bond donors (Lipinski definition) is 0. The fraction of sp³-hybridized carbons (Fsp3) is 0.0638. The summed E-state index contributed by atoms with van der Waals surface area (Å²) in [6.07, 6.45) is 0. The van der Waals surface area contributed by atoms with Crippen LogP contribution in [0.2, 0.25) is 0 Å². The molecule has 0 spiro atoms. The van der Waals surface area contributed by atoms with Crippen LogP contribution in [-0.2, 0) is 5.41 Å². The number of para-hydroxylation sites is 1. The van der Waals surface area contributed by atoms with Crippen molar-refractivity contribution in [1.29, 1.82) is 0 Å². The number of rotatable bonds is 1. The van der Waals surface area contributed by atoms with Crippen LogP contribution >= 0.6 is 0 Å². The molecule has 0 radical (unpaired) electrons. The Hall–Kier alpha value is -6.92. The summed E-state index contributed by atoms with van der Waals surface area (Å²) in [4.78, 5) is 29.5. The Morgan fingerprint density at radius 3 is 2.04 bits per heavy atom. The second-order valence-electron chi connectivity index (χ2n) is 15.2. The minimum atomic E-state index is -0.377. The molecule has 0 N–H and O–H groups in total. The zero-order chi connectivity index (χ0) is 35.1. The van der Waals surface area contributed by atoms with E-state index in [0.717, 1.165) is 65.4 Å².